The predicted octanol–water partition coefficient (Wildman–Crippen LogP) is 3.82. The molecule has 2 heterocycles. The summed E-state index contributed by atoms with van der Waals surface area (Å²) in [5.74, 6) is 2.36. The molecule has 0 spiro atoms. The van der Waals surface area contributed by atoms with Crippen molar-refractivity contribution >= 4 is 11.3 Å². The third kappa shape index (κ3) is 2.16. The average Bonchev–Trinajstić information content (AvgIpc) is 3.16. The molecule has 3 rings (SSSR count). The fourth-order valence-corrected chi connectivity index (χ4v) is 2.78. The van der Waals surface area contributed by atoms with Crippen molar-refractivity contribution in [2.24, 2.45) is 0 Å². The highest BCUT2D eigenvalue weighted by atomic mass is 32.1. The summed E-state index contributed by atoms with van der Waals surface area (Å²) in [4.78, 5) is 8.85. The molecule has 0 unspecified atom stereocenters. The molecular weight excluding hydrogens is 272 g/mol. The Labute approximate surface area is 121 Å². The van der Waals surface area contributed by atoms with E-state index < -0.39 is 0 Å². The first-order valence-corrected chi connectivity index (χ1v) is 7.01. The van der Waals surface area contributed by atoms with Crippen LogP contribution < -0.4 is 9.47 Å². The molecular formula is C15H14N2O2S. The maximum absolute atomic E-state index is 5.42. The number of hydrogen-bond acceptors (Lipinski definition) is 4. The fraction of sp³-hybridized carbons (Fsp3) is 0.133. The highest BCUT2D eigenvalue weighted by Crippen LogP contribution is 2.38. The van der Waals surface area contributed by atoms with Crippen LogP contribution in [0.2, 0.25) is 0 Å². The number of benzene rings is 1. The van der Waals surface area contributed by atoms with Gasteiger partial charge in [0.15, 0.2) is 0 Å². The minimum atomic E-state index is 0.755. The van der Waals surface area contributed by atoms with E-state index in [4.69, 9.17) is 9.47 Å². The Bertz CT molecular complexity index is 682. The topological polar surface area (TPSA) is 47.1 Å². The largest absolute Gasteiger partial charge is 0.496 e. The first-order valence-electron chi connectivity index (χ1n) is 6.13. The molecule has 2 aromatic heterocycles. The van der Waals surface area contributed by atoms with Gasteiger partial charge < -0.3 is 14.5 Å². The van der Waals surface area contributed by atoms with Crippen LogP contribution in [0, 0.1) is 0 Å². The van der Waals surface area contributed by atoms with Gasteiger partial charge in [-0.05, 0) is 23.6 Å². The zero-order chi connectivity index (χ0) is 13.9. The molecule has 0 saturated carbocycles. The molecule has 0 bridgehead atoms. The second-order valence-corrected chi connectivity index (χ2v) is 5.11. The maximum atomic E-state index is 5.42. The summed E-state index contributed by atoms with van der Waals surface area (Å²) >= 11 is 1.65. The van der Waals surface area contributed by atoms with Crippen LogP contribution in [0.4, 0.5) is 0 Å². The Morgan fingerprint density at radius 2 is 1.80 bits per heavy atom. The molecule has 0 saturated heterocycles. The molecule has 102 valence electrons. The van der Waals surface area contributed by atoms with Gasteiger partial charge in [-0.25, -0.2) is 4.98 Å². The van der Waals surface area contributed by atoms with E-state index >= 15 is 0 Å². The molecule has 1 aromatic carbocycles. The molecule has 3 aromatic rings. The molecule has 0 aliphatic rings. The van der Waals surface area contributed by atoms with Crippen molar-refractivity contribution < 1.29 is 9.47 Å². The van der Waals surface area contributed by atoms with Crippen molar-refractivity contribution in [1.29, 1.82) is 0 Å². The number of rotatable bonds is 4. The molecule has 1 N–H and O–H groups in total. The van der Waals surface area contributed by atoms with Crippen molar-refractivity contribution in [3.8, 4) is 33.5 Å². The summed E-state index contributed by atoms with van der Waals surface area (Å²) in [6, 6.07) is 9.75. The third-order valence-corrected chi connectivity index (χ3v) is 3.90. The first-order chi connectivity index (χ1) is 9.83. The highest BCUT2D eigenvalue weighted by molar-refractivity contribution is 7.13. The van der Waals surface area contributed by atoms with Gasteiger partial charge in [-0.15, -0.1) is 11.3 Å². The van der Waals surface area contributed by atoms with Gasteiger partial charge in [0.2, 0.25) is 0 Å². The number of hydrogen-bond donors (Lipinski definition) is 1. The quantitative estimate of drug-likeness (QED) is 0.793. The van der Waals surface area contributed by atoms with E-state index in [1.165, 1.54) is 0 Å². The lowest BCUT2D eigenvalue weighted by Crippen LogP contribution is -1.93. The Hall–Kier alpha value is -2.27. The standard InChI is InChI=1S/C15H14N2O2S/c1-18-11-5-3-6-12(19-2)14(11)10-9-16-15(17-10)13-7-4-8-20-13/h3-9H,1-2H3,(H,16,17). The third-order valence-electron chi connectivity index (χ3n) is 3.03. The van der Waals surface area contributed by atoms with E-state index in [-0.39, 0.29) is 0 Å². The lowest BCUT2D eigenvalue weighted by molar-refractivity contribution is 0.397. The lowest BCUT2D eigenvalue weighted by Gasteiger charge is -2.11. The maximum Gasteiger partial charge on any atom is 0.147 e. The number of ether oxygens (including phenoxy) is 2. The number of H-pyrrole nitrogens is 1. The van der Waals surface area contributed by atoms with Crippen molar-refractivity contribution in [1.82, 2.24) is 9.97 Å². The number of nitrogens with one attached hydrogen (secondary N) is 1. The van der Waals surface area contributed by atoms with Gasteiger partial charge >= 0.3 is 0 Å². The van der Waals surface area contributed by atoms with Crippen molar-refractivity contribution in [3.05, 3.63) is 41.9 Å². The summed E-state index contributed by atoms with van der Waals surface area (Å²) in [7, 11) is 3.30. The highest BCUT2D eigenvalue weighted by Gasteiger charge is 2.15. The van der Waals surface area contributed by atoms with Gasteiger partial charge in [-0.1, -0.05) is 12.1 Å². The number of methoxy groups -OCH3 is 2. The molecule has 20 heavy (non-hydrogen) atoms. The van der Waals surface area contributed by atoms with Crippen LogP contribution in [0.15, 0.2) is 41.9 Å². The van der Waals surface area contributed by atoms with E-state index in [1.807, 2.05) is 35.7 Å². The van der Waals surface area contributed by atoms with Gasteiger partial charge in [0.05, 0.1) is 36.6 Å². The van der Waals surface area contributed by atoms with E-state index in [0.717, 1.165) is 33.5 Å². The Balaban J connectivity index is 2.10. The summed E-state index contributed by atoms with van der Waals surface area (Å²) in [6.07, 6.45) is 1.80. The van der Waals surface area contributed by atoms with Crippen LogP contribution in [-0.2, 0) is 0 Å². The molecule has 4 nitrogen and oxygen atoms in total. The van der Waals surface area contributed by atoms with Crippen LogP contribution >= 0.6 is 11.3 Å². The van der Waals surface area contributed by atoms with Gasteiger partial charge in [0.25, 0.3) is 0 Å². The second kappa shape index (κ2) is 5.38. The van der Waals surface area contributed by atoms with Gasteiger partial charge in [0, 0.05) is 0 Å². The lowest BCUT2D eigenvalue weighted by atomic mass is 10.1. The Morgan fingerprint density at radius 1 is 1.05 bits per heavy atom. The molecule has 0 amide bonds. The van der Waals surface area contributed by atoms with Crippen LogP contribution in [0.25, 0.3) is 22.0 Å². The number of aromatic nitrogens is 2. The summed E-state index contributed by atoms with van der Waals surface area (Å²) in [6.45, 7) is 0. The van der Waals surface area contributed by atoms with Gasteiger partial charge in [0.1, 0.15) is 17.3 Å². The second-order valence-electron chi connectivity index (χ2n) is 4.16. The van der Waals surface area contributed by atoms with E-state index in [2.05, 4.69) is 9.97 Å². The van der Waals surface area contributed by atoms with Crippen LogP contribution in [-0.4, -0.2) is 24.2 Å². The zero-order valence-corrected chi connectivity index (χ0v) is 12.0. The fourth-order valence-electron chi connectivity index (χ4n) is 2.10. The number of imidazole rings is 1. The van der Waals surface area contributed by atoms with Crippen molar-refractivity contribution in [3.63, 3.8) is 0 Å². The van der Waals surface area contributed by atoms with Gasteiger partial charge in [-0.2, -0.15) is 0 Å². The first kappa shape index (κ1) is 12.7. The zero-order valence-electron chi connectivity index (χ0n) is 11.2. The molecule has 0 aliphatic heterocycles. The number of nitrogens with zero attached hydrogens (tertiary/aromatic N) is 1. The van der Waals surface area contributed by atoms with Crippen LogP contribution in [0.1, 0.15) is 0 Å². The van der Waals surface area contributed by atoms with E-state index in [1.54, 1.807) is 31.8 Å². The van der Waals surface area contributed by atoms with Crippen LogP contribution in [0.5, 0.6) is 11.5 Å². The normalized spacial score (nSPS) is 10.5. The van der Waals surface area contributed by atoms with E-state index in [9.17, 15) is 0 Å². The predicted molar refractivity (Wildman–Crippen MR) is 80.4 cm³/mol. The Morgan fingerprint density at radius 3 is 2.40 bits per heavy atom. The molecule has 0 fully saturated rings. The number of thiophene rings is 1. The average molecular weight is 286 g/mol. The van der Waals surface area contributed by atoms with Crippen LogP contribution in [0.3, 0.4) is 0 Å². The molecule has 5 heteroatoms. The summed E-state index contributed by atoms with van der Waals surface area (Å²) < 4.78 is 10.8. The van der Waals surface area contributed by atoms with Crippen molar-refractivity contribution in [2.45, 2.75) is 0 Å². The molecule has 0 aliphatic carbocycles. The summed E-state index contributed by atoms with van der Waals surface area (Å²) in [5.41, 5.74) is 1.76. The van der Waals surface area contributed by atoms with Crippen molar-refractivity contribution in [2.75, 3.05) is 14.2 Å². The van der Waals surface area contributed by atoms with Gasteiger partial charge in [-0.3, -0.25) is 0 Å². The molecule has 0 radical (unpaired) electrons. The monoisotopic (exact) mass is 286 g/mol. The smallest absolute Gasteiger partial charge is 0.147 e. The molecule has 0 atom stereocenters. The Kier molecular flexibility index (Phi) is 3.43. The number of aromatic amines is 1. The summed E-state index contributed by atoms with van der Waals surface area (Å²) in [5, 5.41) is 2.03. The van der Waals surface area contributed by atoms with E-state index in [0.29, 0.717) is 0 Å². The minimum absolute atomic E-state index is 0.755. The minimum Gasteiger partial charge on any atom is -0.496 e. The SMILES string of the molecule is COc1cccc(OC)c1-c1cnc(-c2cccs2)[nH]1.